The lowest BCUT2D eigenvalue weighted by Gasteiger charge is -2.15. The fraction of sp³-hybridized carbons (Fsp3) is 0.182. The second kappa shape index (κ2) is 4.02. The van der Waals surface area contributed by atoms with Gasteiger partial charge in [0.1, 0.15) is 5.92 Å². The van der Waals surface area contributed by atoms with Gasteiger partial charge in [0.15, 0.2) is 5.78 Å². The Hall–Kier alpha value is -1.75. The molecule has 16 heavy (non-hydrogen) atoms. The smallest absolute Gasteiger partial charge is 0.233 e. The Labute approximate surface area is 96.5 Å². The summed E-state index contributed by atoms with van der Waals surface area (Å²) in [7, 11) is 0. The Morgan fingerprint density at radius 2 is 2.31 bits per heavy atom. The number of amides is 1. The number of ketones is 1. The van der Waals surface area contributed by atoms with E-state index < -0.39 is 11.8 Å². The van der Waals surface area contributed by atoms with Crippen LogP contribution in [0.1, 0.15) is 12.5 Å². The van der Waals surface area contributed by atoms with E-state index in [9.17, 15) is 9.59 Å². The monoisotopic (exact) mass is 234 g/mol. The molecule has 82 valence electrons. The highest BCUT2D eigenvalue weighted by molar-refractivity contribution is 7.08. The van der Waals surface area contributed by atoms with E-state index in [1.807, 2.05) is 16.8 Å². The molecule has 0 radical (unpaired) electrons. The molecular formula is C11H10N2O2S. The minimum atomic E-state index is -0.932. The highest BCUT2D eigenvalue weighted by Gasteiger charge is 2.30. The molecule has 1 amide bonds. The molecule has 1 unspecified atom stereocenters. The molecule has 0 aromatic carbocycles. The summed E-state index contributed by atoms with van der Waals surface area (Å²) in [5, 5.41) is 3.73. The zero-order valence-corrected chi connectivity index (χ0v) is 9.45. The van der Waals surface area contributed by atoms with Gasteiger partial charge in [0.05, 0.1) is 0 Å². The van der Waals surface area contributed by atoms with Crippen molar-refractivity contribution in [1.29, 1.82) is 0 Å². The van der Waals surface area contributed by atoms with Gasteiger partial charge in [-0.1, -0.05) is 0 Å². The molecule has 2 heterocycles. The molecule has 1 atom stereocenters. The Bertz CT molecular complexity index is 500. The first-order valence-electron chi connectivity index (χ1n) is 4.72. The third-order valence-corrected chi connectivity index (χ3v) is 3.11. The predicted molar refractivity (Wildman–Crippen MR) is 63.1 cm³/mol. The lowest BCUT2D eigenvalue weighted by Crippen LogP contribution is -2.34. The number of allylic oxidation sites excluding steroid dienone is 2. The second-order valence-corrected chi connectivity index (χ2v) is 4.27. The van der Waals surface area contributed by atoms with E-state index in [2.05, 4.69) is 4.99 Å². The van der Waals surface area contributed by atoms with Crippen LogP contribution in [0.15, 0.2) is 27.5 Å². The zero-order valence-electron chi connectivity index (χ0n) is 8.64. The average molecular weight is 234 g/mol. The minimum Gasteiger partial charge on any atom is -0.369 e. The molecule has 0 bridgehead atoms. The van der Waals surface area contributed by atoms with Crippen molar-refractivity contribution in [3.05, 3.63) is 28.1 Å². The van der Waals surface area contributed by atoms with E-state index in [0.29, 0.717) is 11.3 Å². The van der Waals surface area contributed by atoms with Gasteiger partial charge in [-0.2, -0.15) is 11.3 Å². The van der Waals surface area contributed by atoms with E-state index in [0.717, 1.165) is 5.56 Å². The first kappa shape index (κ1) is 10.8. The van der Waals surface area contributed by atoms with E-state index in [1.54, 1.807) is 6.92 Å². The van der Waals surface area contributed by atoms with Crippen LogP contribution in [0, 0.1) is 5.92 Å². The van der Waals surface area contributed by atoms with Gasteiger partial charge >= 0.3 is 0 Å². The van der Waals surface area contributed by atoms with Crippen molar-refractivity contribution < 1.29 is 9.59 Å². The quantitative estimate of drug-likeness (QED) is 0.782. The van der Waals surface area contributed by atoms with E-state index in [1.165, 1.54) is 17.6 Å². The number of hydrogen-bond acceptors (Lipinski definition) is 4. The first-order chi connectivity index (χ1) is 7.61. The lowest BCUT2D eigenvalue weighted by molar-refractivity contribution is -0.126. The summed E-state index contributed by atoms with van der Waals surface area (Å²) in [6.45, 7) is 1.75. The Balaban J connectivity index is 2.47. The van der Waals surface area contributed by atoms with Crippen LogP contribution in [0.5, 0.6) is 0 Å². The van der Waals surface area contributed by atoms with Gasteiger partial charge in [-0.3, -0.25) is 14.6 Å². The number of hydrogen-bond donors (Lipinski definition) is 1. The maximum absolute atomic E-state index is 12.0. The second-order valence-electron chi connectivity index (χ2n) is 3.49. The highest BCUT2D eigenvalue weighted by atomic mass is 32.1. The van der Waals surface area contributed by atoms with E-state index >= 15 is 0 Å². The molecule has 1 aliphatic rings. The van der Waals surface area contributed by atoms with Crippen molar-refractivity contribution in [3.8, 4) is 0 Å². The Kier molecular flexibility index (Phi) is 2.70. The predicted octanol–water partition coefficient (Wildman–Crippen LogP) is 1.23. The number of Topliss-reactive ketones (excluding diaryl/α,β-unsaturated/α-hetero) is 1. The van der Waals surface area contributed by atoms with Gasteiger partial charge in [0, 0.05) is 17.5 Å². The molecule has 0 saturated carbocycles. The molecule has 0 spiro atoms. The molecule has 1 aliphatic heterocycles. The maximum Gasteiger partial charge on any atom is 0.233 e. The molecule has 0 aliphatic carbocycles. The summed E-state index contributed by atoms with van der Waals surface area (Å²) < 4.78 is 0. The molecule has 4 nitrogen and oxygen atoms in total. The Morgan fingerprint density at radius 1 is 1.56 bits per heavy atom. The number of nitrogens with two attached hydrogens (primary N) is 1. The van der Waals surface area contributed by atoms with Crippen molar-refractivity contribution in [2.24, 2.45) is 16.6 Å². The summed E-state index contributed by atoms with van der Waals surface area (Å²) in [6, 6.07) is 1.83. The van der Waals surface area contributed by atoms with Crippen molar-refractivity contribution in [3.63, 3.8) is 0 Å². The third-order valence-electron chi connectivity index (χ3n) is 2.42. The number of primary amides is 1. The molecule has 2 N–H and O–H groups in total. The van der Waals surface area contributed by atoms with Gasteiger partial charge < -0.3 is 5.73 Å². The van der Waals surface area contributed by atoms with Crippen LogP contribution in [-0.2, 0) is 9.59 Å². The van der Waals surface area contributed by atoms with Gasteiger partial charge in [0.2, 0.25) is 5.91 Å². The number of carbonyl (C=O) groups excluding carboxylic acids is 2. The van der Waals surface area contributed by atoms with Gasteiger partial charge in [-0.25, -0.2) is 0 Å². The highest BCUT2D eigenvalue weighted by Crippen LogP contribution is 2.28. The lowest BCUT2D eigenvalue weighted by atomic mass is 9.91. The summed E-state index contributed by atoms with van der Waals surface area (Å²) in [5.74, 6) is -1.86. The summed E-state index contributed by atoms with van der Waals surface area (Å²) >= 11 is 1.49. The van der Waals surface area contributed by atoms with E-state index in [4.69, 9.17) is 5.73 Å². The van der Waals surface area contributed by atoms with Crippen LogP contribution >= 0.6 is 11.3 Å². The van der Waals surface area contributed by atoms with Gasteiger partial charge in [0.25, 0.3) is 0 Å². The number of thiophene rings is 1. The van der Waals surface area contributed by atoms with Gasteiger partial charge in [-0.15, -0.1) is 0 Å². The van der Waals surface area contributed by atoms with Crippen LogP contribution in [0.4, 0.5) is 0 Å². The SMILES string of the molecule is CC1=C(c2ccsc2)C(=O)C(C(N)=O)C=N1. The molecule has 0 saturated heterocycles. The number of aliphatic imine (C=N–C) groups is 1. The molecular weight excluding hydrogens is 224 g/mol. The van der Waals surface area contributed by atoms with Crippen molar-refractivity contribution in [2.45, 2.75) is 6.92 Å². The number of carbonyl (C=O) groups is 2. The summed E-state index contributed by atoms with van der Waals surface area (Å²) in [4.78, 5) is 27.2. The summed E-state index contributed by atoms with van der Waals surface area (Å²) in [5.41, 5.74) is 7.07. The van der Waals surface area contributed by atoms with Crippen molar-refractivity contribution >= 4 is 34.8 Å². The molecule has 2 rings (SSSR count). The summed E-state index contributed by atoms with van der Waals surface area (Å²) in [6.07, 6.45) is 1.32. The Morgan fingerprint density at radius 3 is 2.88 bits per heavy atom. The minimum absolute atomic E-state index is 0.265. The maximum atomic E-state index is 12.0. The third kappa shape index (κ3) is 1.69. The zero-order chi connectivity index (χ0) is 11.7. The average Bonchev–Trinajstić information content (AvgIpc) is 2.70. The fourth-order valence-electron chi connectivity index (χ4n) is 1.61. The fourth-order valence-corrected chi connectivity index (χ4v) is 2.26. The molecule has 0 fully saturated rings. The topological polar surface area (TPSA) is 72.5 Å². The molecule has 1 aromatic rings. The largest absolute Gasteiger partial charge is 0.369 e. The number of rotatable bonds is 2. The molecule has 5 heteroatoms. The normalized spacial score (nSPS) is 20.3. The van der Waals surface area contributed by atoms with Crippen LogP contribution in [0.2, 0.25) is 0 Å². The van der Waals surface area contributed by atoms with Crippen LogP contribution in [0.3, 0.4) is 0 Å². The standard InChI is InChI=1S/C11H10N2O2S/c1-6-9(7-2-3-16-5-7)10(14)8(4-13-6)11(12)15/h2-5,8H,1H3,(H2,12,15). The van der Waals surface area contributed by atoms with Crippen molar-refractivity contribution in [2.75, 3.05) is 0 Å². The van der Waals surface area contributed by atoms with Crippen molar-refractivity contribution in [1.82, 2.24) is 0 Å². The van der Waals surface area contributed by atoms with Gasteiger partial charge in [-0.05, 0) is 29.3 Å². The van der Waals surface area contributed by atoms with Crippen LogP contribution in [0.25, 0.3) is 5.57 Å². The number of nitrogens with zero attached hydrogens (tertiary/aromatic N) is 1. The molecule has 1 aromatic heterocycles. The first-order valence-corrected chi connectivity index (χ1v) is 5.66. The van der Waals surface area contributed by atoms with Crippen LogP contribution < -0.4 is 5.73 Å². The van der Waals surface area contributed by atoms with E-state index in [-0.39, 0.29) is 5.78 Å². The van der Waals surface area contributed by atoms with Crippen LogP contribution in [-0.4, -0.2) is 17.9 Å².